The van der Waals surface area contributed by atoms with Gasteiger partial charge >= 0.3 is 0 Å². The summed E-state index contributed by atoms with van der Waals surface area (Å²) < 4.78 is 26.8. The fourth-order valence-electron chi connectivity index (χ4n) is 0.999. The molecule has 0 unspecified atom stereocenters. The number of aromatic nitrogens is 2. The number of anilines is 1. The van der Waals surface area contributed by atoms with Crippen molar-refractivity contribution in [1.29, 1.82) is 0 Å². The lowest BCUT2D eigenvalue weighted by Crippen LogP contribution is -2.30. The summed E-state index contributed by atoms with van der Waals surface area (Å²) in [5.74, 6) is -0.0596. The van der Waals surface area contributed by atoms with E-state index in [0.717, 1.165) is 0 Å². The van der Waals surface area contributed by atoms with E-state index in [1.54, 1.807) is 7.05 Å². The van der Waals surface area contributed by atoms with Crippen LogP contribution in [0.25, 0.3) is 0 Å². The Bertz CT molecular complexity index is 437. The Kier molecular flexibility index (Phi) is 3.32. The third kappa shape index (κ3) is 2.91. The quantitative estimate of drug-likeness (QED) is 0.597. The summed E-state index contributed by atoms with van der Waals surface area (Å²) in [6.45, 7) is 1.42. The third-order valence-corrected chi connectivity index (χ3v) is 3.12. The lowest BCUT2D eigenvalue weighted by Gasteiger charge is -2.06. The number of nitrogens with one attached hydrogen (secondary N) is 1. The fourth-order valence-corrected chi connectivity index (χ4v) is 2.22. The number of nitrogen functional groups attached to an aromatic ring is 1. The highest BCUT2D eigenvalue weighted by molar-refractivity contribution is 7.89. The Morgan fingerprint density at radius 3 is 2.73 bits per heavy atom. The first-order valence-electron chi connectivity index (χ1n) is 4.30. The molecule has 0 saturated carbocycles. The molecule has 1 aromatic heterocycles. The normalized spacial score (nSPS) is 14.1. The fraction of sp³-hybridized carbons (Fsp3) is 0.571. The molecule has 7 nitrogen and oxygen atoms in total. The monoisotopic (exact) mass is 234 g/mol. The van der Waals surface area contributed by atoms with Crippen LogP contribution in [0.5, 0.6) is 0 Å². The van der Waals surface area contributed by atoms with Gasteiger partial charge in [0.2, 0.25) is 10.0 Å². The molecule has 8 heteroatoms. The molecule has 0 aromatic carbocycles. The predicted octanol–water partition coefficient (Wildman–Crippen LogP) is -1.34. The molecule has 0 fully saturated rings. The summed E-state index contributed by atoms with van der Waals surface area (Å²) >= 11 is 0. The highest BCUT2D eigenvalue weighted by Gasteiger charge is 2.20. The molecular formula is C7H14N4O3S. The summed E-state index contributed by atoms with van der Waals surface area (Å²) in [7, 11) is -2.11. The Hall–Kier alpha value is -1.12. The van der Waals surface area contributed by atoms with E-state index in [1.165, 1.54) is 17.8 Å². The van der Waals surface area contributed by atoms with E-state index in [4.69, 9.17) is 10.8 Å². The molecule has 0 saturated heterocycles. The minimum Gasteiger partial charge on any atom is -0.392 e. The standard InChI is InChI=1S/C7H14N4O3S/c1-5(12)3-9-15(13,14)6-4-11(2)10-7(6)8/h4-5,9,12H,3H2,1-2H3,(H2,8,10)/t5-/m0/s1. The number of hydrogen-bond acceptors (Lipinski definition) is 5. The van der Waals surface area contributed by atoms with Crippen LogP contribution in [-0.4, -0.2) is 36.0 Å². The molecule has 0 aliphatic carbocycles. The van der Waals surface area contributed by atoms with Crippen molar-refractivity contribution in [1.82, 2.24) is 14.5 Å². The maximum atomic E-state index is 11.6. The van der Waals surface area contributed by atoms with Gasteiger partial charge < -0.3 is 10.8 Å². The van der Waals surface area contributed by atoms with Crippen molar-refractivity contribution < 1.29 is 13.5 Å². The number of aryl methyl sites for hydroxylation is 1. The van der Waals surface area contributed by atoms with Crippen molar-refractivity contribution in [2.45, 2.75) is 17.9 Å². The van der Waals surface area contributed by atoms with Crippen molar-refractivity contribution >= 4 is 15.8 Å². The van der Waals surface area contributed by atoms with Crippen LogP contribution in [0.4, 0.5) is 5.82 Å². The van der Waals surface area contributed by atoms with Crippen molar-refractivity contribution in [3.63, 3.8) is 0 Å². The summed E-state index contributed by atoms with van der Waals surface area (Å²) in [4.78, 5) is -0.0781. The van der Waals surface area contributed by atoms with Crippen molar-refractivity contribution in [3.05, 3.63) is 6.20 Å². The second-order valence-electron chi connectivity index (χ2n) is 3.25. The van der Waals surface area contributed by atoms with Gasteiger partial charge in [0, 0.05) is 19.8 Å². The lowest BCUT2D eigenvalue weighted by atomic mass is 10.4. The molecule has 1 aromatic rings. The van der Waals surface area contributed by atoms with Gasteiger partial charge in [0.05, 0.1) is 6.10 Å². The molecule has 1 heterocycles. The zero-order chi connectivity index (χ0) is 11.6. The first-order valence-corrected chi connectivity index (χ1v) is 5.78. The summed E-state index contributed by atoms with van der Waals surface area (Å²) in [5, 5.41) is 12.7. The van der Waals surface area contributed by atoms with Gasteiger partial charge in [0.25, 0.3) is 0 Å². The maximum absolute atomic E-state index is 11.6. The number of rotatable bonds is 4. The SMILES string of the molecule is C[C@H](O)CNS(=O)(=O)c1cn(C)nc1N. The van der Waals surface area contributed by atoms with Gasteiger partial charge in [0.1, 0.15) is 4.90 Å². The van der Waals surface area contributed by atoms with Crippen molar-refractivity contribution in [2.24, 2.45) is 7.05 Å². The van der Waals surface area contributed by atoms with E-state index in [0.29, 0.717) is 0 Å². The Labute approximate surface area is 87.9 Å². The van der Waals surface area contributed by atoms with Gasteiger partial charge in [-0.15, -0.1) is 0 Å². The Morgan fingerprint density at radius 1 is 1.73 bits per heavy atom. The van der Waals surface area contributed by atoms with Crippen LogP contribution in [0.15, 0.2) is 11.1 Å². The third-order valence-electron chi connectivity index (χ3n) is 1.68. The number of sulfonamides is 1. The smallest absolute Gasteiger partial charge is 0.245 e. The lowest BCUT2D eigenvalue weighted by molar-refractivity contribution is 0.198. The minimum atomic E-state index is -3.68. The minimum absolute atomic E-state index is 0.0589. The average Bonchev–Trinajstić information content (AvgIpc) is 2.43. The molecule has 0 amide bonds. The largest absolute Gasteiger partial charge is 0.392 e. The molecule has 15 heavy (non-hydrogen) atoms. The topological polar surface area (TPSA) is 110 Å². The molecule has 1 atom stereocenters. The van der Waals surface area contributed by atoms with Gasteiger partial charge in [-0.3, -0.25) is 4.68 Å². The van der Waals surface area contributed by atoms with E-state index in [2.05, 4.69) is 9.82 Å². The van der Waals surface area contributed by atoms with Crippen LogP contribution in [0.1, 0.15) is 6.92 Å². The second kappa shape index (κ2) is 4.17. The molecule has 0 aliphatic heterocycles. The van der Waals surface area contributed by atoms with Crippen LogP contribution < -0.4 is 10.5 Å². The molecule has 0 aliphatic rings. The molecule has 86 valence electrons. The van der Waals surface area contributed by atoms with E-state index >= 15 is 0 Å². The molecule has 0 radical (unpaired) electrons. The van der Waals surface area contributed by atoms with E-state index in [1.807, 2.05) is 0 Å². The molecule has 4 N–H and O–H groups in total. The van der Waals surface area contributed by atoms with Crippen molar-refractivity contribution in [2.75, 3.05) is 12.3 Å². The summed E-state index contributed by atoms with van der Waals surface area (Å²) in [6, 6.07) is 0. The number of nitrogens with zero attached hydrogens (tertiary/aromatic N) is 2. The van der Waals surface area contributed by atoms with Gasteiger partial charge in [-0.25, -0.2) is 13.1 Å². The second-order valence-corrected chi connectivity index (χ2v) is 4.99. The number of hydrogen-bond donors (Lipinski definition) is 3. The highest BCUT2D eigenvalue weighted by Crippen LogP contribution is 2.14. The van der Waals surface area contributed by atoms with Crippen LogP contribution in [0.2, 0.25) is 0 Å². The molecule has 0 spiro atoms. The first-order chi connectivity index (χ1) is 6.83. The van der Waals surface area contributed by atoms with Crippen LogP contribution in [0.3, 0.4) is 0 Å². The molecular weight excluding hydrogens is 220 g/mol. The van der Waals surface area contributed by atoms with Gasteiger partial charge in [0.15, 0.2) is 5.82 Å². The van der Waals surface area contributed by atoms with Crippen LogP contribution in [-0.2, 0) is 17.1 Å². The van der Waals surface area contributed by atoms with E-state index in [-0.39, 0.29) is 17.3 Å². The highest BCUT2D eigenvalue weighted by atomic mass is 32.2. The number of aliphatic hydroxyl groups is 1. The number of aliphatic hydroxyl groups excluding tert-OH is 1. The van der Waals surface area contributed by atoms with Gasteiger partial charge in [-0.2, -0.15) is 5.10 Å². The molecule has 1 rings (SSSR count). The van der Waals surface area contributed by atoms with Crippen LogP contribution >= 0.6 is 0 Å². The van der Waals surface area contributed by atoms with Gasteiger partial charge in [-0.1, -0.05) is 0 Å². The van der Waals surface area contributed by atoms with Crippen molar-refractivity contribution in [3.8, 4) is 0 Å². The number of nitrogens with two attached hydrogens (primary N) is 1. The predicted molar refractivity (Wildman–Crippen MR) is 54.5 cm³/mol. The Morgan fingerprint density at radius 2 is 2.33 bits per heavy atom. The van der Waals surface area contributed by atoms with Crippen LogP contribution in [0, 0.1) is 0 Å². The Balaban J connectivity index is 2.91. The van der Waals surface area contributed by atoms with E-state index < -0.39 is 16.1 Å². The summed E-state index contributed by atoms with van der Waals surface area (Å²) in [6.07, 6.45) is 0.553. The average molecular weight is 234 g/mol. The molecule has 0 bridgehead atoms. The maximum Gasteiger partial charge on any atom is 0.245 e. The summed E-state index contributed by atoms with van der Waals surface area (Å²) in [5.41, 5.74) is 5.42. The zero-order valence-corrected chi connectivity index (χ0v) is 9.32. The zero-order valence-electron chi connectivity index (χ0n) is 8.51. The van der Waals surface area contributed by atoms with Gasteiger partial charge in [-0.05, 0) is 6.92 Å². The van der Waals surface area contributed by atoms with E-state index in [9.17, 15) is 8.42 Å². The first kappa shape index (κ1) is 12.0.